The van der Waals surface area contributed by atoms with E-state index in [2.05, 4.69) is 17.1 Å². The minimum atomic E-state index is -0.817. The van der Waals surface area contributed by atoms with Crippen LogP contribution in [0.3, 0.4) is 0 Å². The van der Waals surface area contributed by atoms with Gasteiger partial charge in [-0.3, -0.25) is 0 Å². The predicted molar refractivity (Wildman–Crippen MR) is 64.2 cm³/mol. The van der Waals surface area contributed by atoms with Crippen molar-refractivity contribution in [3.05, 3.63) is 35.5 Å². The van der Waals surface area contributed by atoms with Crippen LogP contribution < -0.4 is 0 Å². The average Bonchev–Trinajstić information content (AvgIpc) is 2.26. The van der Waals surface area contributed by atoms with E-state index >= 15 is 0 Å². The minimum Gasteiger partial charge on any atom is -0.386 e. The normalized spacial score (nSPS) is 12.0. The summed E-state index contributed by atoms with van der Waals surface area (Å²) in [5, 5.41) is 19.1. The molecule has 0 aliphatic heterocycles. The third kappa shape index (κ3) is 1.91. The quantitative estimate of drug-likeness (QED) is 0.838. The Balaban J connectivity index is 2.68. The second-order valence-corrected chi connectivity index (χ2v) is 4.51. The fourth-order valence-electron chi connectivity index (χ4n) is 1.77. The molecule has 0 spiro atoms. The van der Waals surface area contributed by atoms with Crippen LogP contribution in [-0.2, 0) is 12.0 Å². The largest absolute Gasteiger partial charge is 0.386 e. The monoisotopic (exact) mass is 216 g/mol. The lowest BCUT2D eigenvalue weighted by atomic mass is 9.95. The van der Waals surface area contributed by atoms with Crippen molar-refractivity contribution in [2.75, 3.05) is 0 Å². The Labute approximate surface area is 95.1 Å². The molecule has 1 aromatic carbocycles. The fourth-order valence-corrected chi connectivity index (χ4v) is 1.77. The van der Waals surface area contributed by atoms with Crippen molar-refractivity contribution in [3.8, 4) is 0 Å². The van der Waals surface area contributed by atoms with Gasteiger partial charge in [-0.2, -0.15) is 10.2 Å². The SMILES string of the molecule is CCc1cnnc2ccc(C(C)(C)O)cc12. The molecule has 84 valence electrons. The van der Waals surface area contributed by atoms with Crippen molar-refractivity contribution < 1.29 is 5.11 Å². The van der Waals surface area contributed by atoms with Gasteiger partial charge >= 0.3 is 0 Å². The molecule has 0 fully saturated rings. The van der Waals surface area contributed by atoms with Gasteiger partial charge in [0.1, 0.15) is 0 Å². The predicted octanol–water partition coefficient (Wildman–Crippen LogP) is 2.42. The molecule has 3 heteroatoms. The van der Waals surface area contributed by atoms with Gasteiger partial charge in [0.2, 0.25) is 0 Å². The van der Waals surface area contributed by atoms with E-state index in [0.717, 1.165) is 28.5 Å². The van der Waals surface area contributed by atoms with E-state index in [1.54, 1.807) is 20.0 Å². The zero-order valence-electron chi connectivity index (χ0n) is 9.86. The van der Waals surface area contributed by atoms with E-state index in [1.165, 1.54) is 0 Å². The zero-order chi connectivity index (χ0) is 11.8. The highest BCUT2D eigenvalue weighted by Crippen LogP contribution is 2.25. The average molecular weight is 216 g/mol. The van der Waals surface area contributed by atoms with Gasteiger partial charge in [-0.15, -0.1) is 0 Å². The molecule has 16 heavy (non-hydrogen) atoms. The third-order valence-corrected chi connectivity index (χ3v) is 2.81. The second-order valence-electron chi connectivity index (χ2n) is 4.51. The summed E-state index contributed by atoms with van der Waals surface area (Å²) in [5.74, 6) is 0. The maximum Gasteiger partial charge on any atom is 0.0932 e. The number of aliphatic hydroxyl groups is 1. The smallest absolute Gasteiger partial charge is 0.0932 e. The van der Waals surface area contributed by atoms with Gasteiger partial charge in [-0.1, -0.05) is 13.0 Å². The Bertz CT molecular complexity index is 515. The molecule has 3 nitrogen and oxygen atoms in total. The van der Waals surface area contributed by atoms with E-state index in [-0.39, 0.29) is 0 Å². The molecule has 0 aliphatic carbocycles. The highest BCUT2D eigenvalue weighted by atomic mass is 16.3. The molecule has 0 atom stereocenters. The lowest BCUT2D eigenvalue weighted by Gasteiger charge is -2.18. The molecule has 0 aliphatic rings. The molecular weight excluding hydrogens is 200 g/mol. The third-order valence-electron chi connectivity index (χ3n) is 2.81. The van der Waals surface area contributed by atoms with Crippen molar-refractivity contribution in [3.63, 3.8) is 0 Å². The summed E-state index contributed by atoms with van der Waals surface area (Å²) in [5.41, 5.74) is 2.13. The van der Waals surface area contributed by atoms with Crippen molar-refractivity contribution >= 4 is 10.9 Å². The van der Waals surface area contributed by atoms with Gasteiger partial charge in [-0.05, 0) is 43.5 Å². The van der Waals surface area contributed by atoms with Crippen LogP contribution in [0.15, 0.2) is 24.4 Å². The summed E-state index contributed by atoms with van der Waals surface area (Å²) in [6.07, 6.45) is 2.71. The summed E-state index contributed by atoms with van der Waals surface area (Å²) in [7, 11) is 0. The number of nitrogens with zero attached hydrogens (tertiary/aromatic N) is 2. The van der Waals surface area contributed by atoms with Crippen LogP contribution in [-0.4, -0.2) is 15.3 Å². The van der Waals surface area contributed by atoms with Gasteiger partial charge in [0.25, 0.3) is 0 Å². The topological polar surface area (TPSA) is 46.0 Å². The van der Waals surface area contributed by atoms with Gasteiger partial charge < -0.3 is 5.11 Å². The Morgan fingerprint density at radius 1 is 1.31 bits per heavy atom. The van der Waals surface area contributed by atoms with Gasteiger partial charge in [-0.25, -0.2) is 0 Å². The summed E-state index contributed by atoms with van der Waals surface area (Å²) in [6.45, 7) is 5.66. The number of benzene rings is 1. The van der Waals surface area contributed by atoms with Crippen molar-refractivity contribution in [1.29, 1.82) is 0 Å². The van der Waals surface area contributed by atoms with Crippen molar-refractivity contribution in [2.45, 2.75) is 32.8 Å². The molecular formula is C13H16N2O. The number of hydrogen-bond donors (Lipinski definition) is 1. The number of aryl methyl sites for hydroxylation is 1. The molecule has 1 N–H and O–H groups in total. The molecule has 1 aromatic heterocycles. The standard InChI is InChI=1S/C13H16N2O/c1-4-9-8-14-15-12-6-5-10(7-11(9)12)13(2,3)16/h5-8,16H,4H2,1-3H3. The molecule has 0 amide bonds. The molecule has 0 bridgehead atoms. The van der Waals surface area contributed by atoms with Gasteiger partial charge in [0, 0.05) is 5.39 Å². The Kier molecular flexibility index (Phi) is 2.64. The van der Waals surface area contributed by atoms with E-state index in [4.69, 9.17) is 0 Å². The first-order valence-corrected chi connectivity index (χ1v) is 5.49. The molecule has 0 unspecified atom stereocenters. The first-order valence-electron chi connectivity index (χ1n) is 5.49. The maximum atomic E-state index is 9.98. The van der Waals surface area contributed by atoms with Crippen LogP contribution >= 0.6 is 0 Å². The second kappa shape index (κ2) is 3.83. The number of aromatic nitrogens is 2. The molecule has 0 radical (unpaired) electrons. The molecule has 2 aromatic rings. The van der Waals surface area contributed by atoms with Crippen LogP contribution in [0, 0.1) is 0 Å². The molecule has 2 rings (SSSR count). The van der Waals surface area contributed by atoms with E-state index in [0.29, 0.717) is 0 Å². The van der Waals surface area contributed by atoms with Crippen LogP contribution in [0.5, 0.6) is 0 Å². The minimum absolute atomic E-state index is 0.817. The molecule has 0 saturated carbocycles. The van der Waals surface area contributed by atoms with Crippen LogP contribution in [0.4, 0.5) is 0 Å². The van der Waals surface area contributed by atoms with E-state index in [9.17, 15) is 5.11 Å². The number of rotatable bonds is 2. The molecule has 1 heterocycles. The van der Waals surface area contributed by atoms with Crippen molar-refractivity contribution in [1.82, 2.24) is 10.2 Å². The lowest BCUT2D eigenvalue weighted by molar-refractivity contribution is 0.0787. The van der Waals surface area contributed by atoms with Crippen molar-refractivity contribution in [2.24, 2.45) is 0 Å². The summed E-state index contributed by atoms with van der Waals surface area (Å²) in [6, 6.07) is 5.81. The first kappa shape index (κ1) is 11.0. The Morgan fingerprint density at radius 2 is 2.06 bits per heavy atom. The highest BCUT2D eigenvalue weighted by molar-refractivity contribution is 5.82. The lowest BCUT2D eigenvalue weighted by Crippen LogP contribution is -2.15. The maximum absolute atomic E-state index is 9.98. The summed E-state index contributed by atoms with van der Waals surface area (Å²) < 4.78 is 0. The Morgan fingerprint density at radius 3 is 2.69 bits per heavy atom. The number of fused-ring (bicyclic) bond motifs is 1. The van der Waals surface area contributed by atoms with Gasteiger partial charge in [0.15, 0.2) is 0 Å². The highest BCUT2D eigenvalue weighted by Gasteiger charge is 2.16. The zero-order valence-corrected chi connectivity index (χ0v) is 9.86. The summed E-state index contributed by atoms with van der Waals surface area (Å²) >= 11 is 0. The van der Waals surface area contributed by atoms with Crippen LogP contribution in [0.1, 0.15) is 31.9 Å². The number of hydrogen-bond acceptors (Lipinski definition) is 3. The van der Waals surface area contributed by atoms with Crippen LogP contribution in [0.2, 0.25) is 0 Å². The van der Waals surface area contributed by atoms with Crippen LogP contribution in [0.25, 0.3) is 10.9 Å². The van der Waals surface area contributed by atoms with Gasteiger partial charge in [0.05, 0.1) is 17.3 Å². The van der Waals surface area contributed by atoms with E-state index < -0.39 is 5.60 Å². The van der Waals surface area contributed by atoms with E-state index in [1.807, 2.05) is 18.2 Å². The first-order chi connectivity index (χ1) is 7.52. The fraction of sp³-hybridized carbons (Fsp3) is 0.385. The summed E-state index contributed by atoms with van der Waals surface area (Å²) in [4.78, 5) is 0. The Hall–Kier alpha value is -1.48. The molecule has 0 saturated heterocycles.